The van der Waals surface area contributed by atoms with Gasteiger partial charge in [0.2, 0.25) is 0 Å². The van der Waals surface area contributed by atoms with E-state index in [1.165, 1.54) is 18.2 Å². The minimum atomic E-state index is -0.337. The molecule has 0 spiro atoms. The second-order valence-corrected chi connectivity index (χ2v) is 4.41. The van der Waals surface area contributed by atoms with Crippen LogP contribution in [0, 0.1) is 11.7 Å². The van der Waals surface area contributed by atoms with E-state index in [2.05, 4.69) is 0 Å². The number of Topliss-reactive ketones (excluding diaryl/α,β-unsaturated/α-hetero) is 1. The van der Waals surface area contributed by atoms with Crippen molar-refractivity contribution < 1.29 is 9.18 Å². The lowest BCUT2D eigenvalue weighted by atomic mass is 9.80. The Morgan fingerprint density at radius 2 is 2.20 bits per heavy atom. The molecular formula is C12H12ClFO. The minimum Gasteiger partial charge on any atom is -0.299 e. The Bertz CT molecular complexity index is 385. The Balaban J connectivity index is 2.09. The molecule has 0 atom stereocenters. The molecule has 0 aromatic heterocycles. The van der Waals surface area contributed by atoms with Crippen LogP contribution in [-0.2, 0) is 11.2 Å². The molecule has 3 heteroatoms. The summed E-state index contributed by atoms with van der Waals surface area (Å²) in [7, 11) is 0. The molecule has 0 bridgehead atoms. The number of carbonyl (C=O) groups excluding carboxylic acids is 1. The van der Waals surface area contributed by atoms with Gasteiger partial charge in [0.1, 0.15) is 11.6 Å². The monoisotopic (exact) mass is 226 g/mol. The van der Waals surface area contributed by atoms with E-state index in [-0.39, 0.29) is 23.9 Å². The van der Waals surface area contributed by atoms with Crippen LogP contribution in [0.25, 0.3) is 0 Å². The van der Waals surface area contributed by atoms with Gasteiger partial charge < -0.3 is 0 Å². The largest absolute Gasteiger partial charge is 0.299 e. The third-order valence-corrected chi connectivity index (χ3v) is 3.30. The lowest BCUT2D eigenvalue weighted by Gasteiger charge is -2.23. The summed E-state index contributed by atoms with van der Waals surface area (Å²) in [5.74, 6) is 0.0360. The van der Waals surface area contributed by atoms with E-state index in [4.69, 9.17) is 11.6 Å². The Morgan fingerprint density at radius 1 is 1.47 bits per heavy atom. The van der Waals surface area contributed by atoms with Gasteiger partial charge in [-0.15, -0.1) is 0 Å². The number of ketones is 1. The maximum atomic E-state index is 12.9. The first kappa shape index (κ1) is 10.6. The number of hydrogen-bond donors (Lipinski definition) is 0. The maximum Gasteiger partial charge on any atom is 0.140 e. The van der Waals surface area contributed by atoms with Crippen molar-refractivity contribution in [1.82, 2.24) is 0 Å². The Kier molecular flexibility index (Phi) is 3.06. The quantitative estimate of drug-likeness (QED) is 0.772. The Labute approximate surface area is 93.2 Å². The lowest BCUT2D eigenvalue weighted by molar-refractivity contribution is -0.124. The Hall–Kier alpha value is -0.890. The van der Waals surface area contributed by atoms with Crippen LogP contribution < -0.4 is 0 Å². The standard InChI is InChI=1S/C12H12ClFO/c13-11-5-4-10(14)6-9(11)7-12(15)8-2-1-3-8/h4-6,8H,1-3,7H2. The molecule has 15 heavy (non-hydrogen) atoms. The summed E-state index contributed by atoms with van der Waals surface area (Å²) in [5, 5.41) is 0.476. The molecule has 1 fully saturated rings. The highest BCUT2D eigenvalue weighted by Crippen LogP contribution is 2.29. The average molecular weight is 227 g/mol. The second kappa shape index (κ2) is 4.31. The first-order valence-electron chi connectivity index (χ1n) is 5.13. The summed E-state index contributed by atoms with van der Waals surface area (Å²) < 4.78 is 12.9. The third-order valence-electron chi connectivity index (χ3n) is 2.93. The van der Waals surface area contributed by atoms with Crippen molar-refractivity contribution in [3.63, 3.8) is 0 Å². The number of rotatable bonds is 3. The molecule has 80 valence electrons. The molecule has 0 amide bonds. The van der Waals surface area contributed by atoms with Gasteiger partial charge in [-0.1, -0.05) is 18.0 Å². The van der Waals surface area contributed by atoms with Crippen molar-refractivity contribution in [2.45, 2.75) is 25.7 Å². The van der Waals surface area contributed by atoms with Gasteiger partial charge in [0.15, 0.2) is 0 Å². The van der Waals surface area contributed by atoms with Crippen molar-refractivity contribution in [3.8, 4) is 0 Å². The molecule has 0 saturated heterocycles. The topological polar surface area (TPSA) is 17.1 Å². The van der Waals surface area contributed by atoms with E-state index < -0.39 is 0 Å². The number of halogens is 2. The smallest absolute Gasteiger partial charge is 0.140 e. The first-order chi connectivity index (χ1) is 7.16. The van der Waals surface area contributed by atoms with Crippen LogP contribution in [0.1, 0.15) is 24.8 Å². The van der Waals surface area contributed by atoms with Gasteiger partial charge in [-0.25, -0.2) is 4.39 Å². The minimum absolute atomic E-state index is 0.185. The van der Waals surface area contributed by atoms with Gasteiger partial charge in [0, 0.05) is 17.4 Å². The zero-order chi connectivity index (χ0) is 10.8. The van der Waals surface area contributed by atoms with Gasteiger partial charge in [0.05, 0.1) is 0 Å². The summed E-state index contributed by atoms with van der Waals surface area (Å²) in [4.78, 5) is 11.7. The highest BCUT2D eigenvalue weighted by Gasteiger charge is 2.25. The average Bonchev–Trinajstić information content (AvgIpc) is 2.08. The summed E-state index contributed by atoms with van der Waals surface area (Å²) in [6.07, 6.45) is 3.35. The molecule has 0 aliphatic heterocycles. The van der Waals surface area contributed by atoms with Crippen molar-refractivity contribution in [3.05, 3.63) is 34.6 Å². The number of benzene rings is 1. The predicted octanol–water partition coefficient (Wildman–Crippen LogP) is 3.39. The molecule has 1 aliphatic rings. The van der Waals surface area contributed by atoms with Crippen molar-refractivity contribution in [2.24, 2.45) is 5.92 Å². The molecule has 1 aliphatic carbocycles. The number of hydrogen-bond acceptors (Lipinski definition) is 1. The normalized spacial score (nSPS) is 16.1. The second-order valence-electron chi connectivity index (χ2n) is 4.01. The van der Waals surface area contributed by atoms with E-state index in [9.17, 15) is 9.18 Å². The van der Waals surface area contributed by atoms with Gasteiger partial charge in [-0.2, -0.15) is 0 Å². The predicted molar refractivity (Wildman–Crippen MR) is 57.5 cm³/mol. The maximum absolute atomic E-state index is 12.9. The van der Waals surface area contributed by atoms with Gasteiger partial charge in [-0.3, -0.25) is 4.79 Å². The first-order valence-corrected chi connectivity index (χ1v) is 5.51. The zero-order valence-electron chi connectivity index (χ0n) is 8.30. The van der Waals surface area contributed by atoms with Gasteiger partial charge >= 0.3 is 0 Å². The SMILES string of the molecule is O=C(Cc1cc(F)ccc1Cl)C1CCC1. The third kappa shape index (κ3) is 2.37. The molecule has 2 rings (SSSR count). The molecule has 1 saturated carbocycles. The van der Waals surface area contributed by atoms with Crippen LogP contribution in [0.4, 0.5) is 4.39 Å². The van der Waals surface area contributed by atoms with E-state index in [0.29, 0.717) is 10.6 Å². The molecule has 0 radical (unpaired) electrons. The van der Waals surface area contributed by atoms with Crippen LogP contribution in [0.3, 0.4) is 0 Å². The molecule has 0 heterocycles. The molecular weight excluding hydrogens is 215 g/mol. The summed E-state index contributed by atoms with van der Waals surface area (Å²) in [5.41, 5.74) is 0.605. The summed E-state index contributed by atoms with van der Waals surface area (Å²) in [6, 6.07) is 4.15. The van der Waals surface area contributed by atoms with Crippen LogP contribution in [0.15, 0.2) is 18.2 Å². The van der Waals surface area contributed by atoms with Crippen LogP contribution in [0.2, 0.25) is 5.02 Å². The highest BCUT2D eigenvalue weighted by molar-refractivity contribution is 6.31. The van der Waals surface area contributed by atoms with E-state index >= 15 is 0 Å². The van der Waals surface area contributed by atoms with E-state index in [1.54, 1.807) is 0 Å². The van der Waals surface area contributed by atoms with Crippen molar-refractivity contribution >= 4 is 17.4 Å². The van der Waals surface area contributed by atoms with Crippen LogP contribution in [-0.4, -0.2) is 5.78 Å². The molecule has 1 nitrogen and oxygen atoms in total. The summed E-state index contributed by atoms with van der Waals surface area (Å²) in [6.45, 7) is 0. The lowest BCUT2D eigenvalue weighted by Crippen LogP contribution is -2.23. The molecule has 1 aromatic carbocycles. The molecule has 0 unspecified atom stereocenters. The Morgan fingerprint density at radius 3 is 2.80 bits per heavy atom. The van der Waals surface area contributed by atoms with E-state index in [0.717, 1.165) is 19.3 Å². The fourth-order valence-electron chi connectivity index (χ4n) is 1.74. The van der Waals surface area contributed by atoms with Crippen molar-refractivity contribution in [1.29, 1.82) is 0 Å². The van der Waals surface area contributed by atoms with E-state index in [1.807, 2.05) is 0 Å². The molecule has 0 N–H and O–H groups in total. The fourth-order valence-corrected chi connectivity index (χ4v) is 1.93. The zero-order valence-corrected chi connectivity index (χ0v) is 9.06. The fraction of sp³-hybridized carbons (Fsp3) is 0.417. The highest BCUT2D eigenvalue weighted by atomic mass is 35.5. The van der Waals surface area contributed by atoms with Gasteiger partial charge in [-0.05, 0) is 36.6 Å². The van der Waals surface area contributed by atoms with Crippen molar-refractivity contribution in [2.75, 3.05) is 0 Å². The van der Waals surface area contributed by atoms with Gasteiger partial charge in [0.25, 0.3) is 0 Å². The summed E-state index contributed by atoms with van der Waals surface area (Å²) >= 11 is 5.89. The van der Waals surface area contributed by atoms with Crippen LogP contribution in [0.5, 0.6) is 0 Å². The number of carbonyl (C=O) groups is 1. The molecule has 1 aromatic rings. The van der Waals surface area contributed by atoms with Crippen LogP contribution >= 0.6 is 11.6 Å².